The lowest BCUT2D eigenvalue weighted by molar-refractivity contribution is 0.0938. The zero-order valence-corrected chi connectivity index (χ0v) is 18.0. The van der Waals surface area contributed by atoms with Crippen LogP contribution in [0.3, 0.4) is 0 Å². The van der Waals surface area contributed by atoms with Crippen molar-refractivity contribution < 1.29 is 22.7 Å². The van der Waals surface area contributed by atoms with Gasteiger partial charge in [-0.2, -0.15) is 0 Å². The summed E-state index contributed by atoms with van der Waals surface area (Å²) in [6.07, 6.45) is 0. The number of hydrazine groups is 1. The highest BCUT2D eigenvalue weighted by molar-refractivity contribution is 7.92. The van der Waals surface area contributed by atoms with Crippen LogP contribution in [0.4, 0.5) is 16.2 Å². The van der Waals surface area contributed by atoms with E-state index in [2.05, 4.69) is 20.9 Å². The van der Waals surface area contributed by atoms with Gasteiger partial charge in [0.25, 0.3) is 15.9 Å². The zero-order chi connectivity index (χ0) is 23.0. The van der Waals surface area contributed by atoms with E-state index in [9.17, 15) is 18.0 Å². The molecule has 0 aliphatic carbocycles. The van der Waals surface area contributed by atoms with Crippen molar-refractivity contribution in [3.05, 3.63) is 84.4 Å². The van der Waals surface area contributed by atoms with Gasteiger partial charge in [-0.05, 0) is 67.6 Å². The molecule has 32 heavy (non-hydrogen) atoms. The van der Waals surface area contributed by atoms with Crippen LogP contribution < -0.4 is 25.6 Å². The summed E-state index contributed by atoms with van der Waals surface area (Å²) in [4.78, 5) is 24.1. The third-order valence-electron chi connectivity index (χ3n) is 4.17. The molecule has 10 heteroatoms. The average molecular weight is 455 g/mol. The van der Waals surface area contributed by atoms with E-state index in [1.807, 2.05) is 13.0 Å². The highest BCUT2D eigenvalue weighted by Gasteiger charge is 2.15. The number of sulfonamides is 1. The van der Waals surface area contributed by atoms with Crippen molar-refractivity contribution in [3.63, 3.8) is 0 Å². The minimum absolute atomic E-state index is 0.0800. The Balaban J connectivity index is 1.55. The first kappa shape index (κ1) is 22.6. The predicted octanol–water partition coefficient (Wildman–Crippen LogP) is 3.35. The van der Waals surface area contributed by atoms with E-state index in [1.54, 1.807) is 36.4 Å². The fourth-order valence-electron chi connectivity index (χ4n) is 2.65. The summed E-state index contributed by atoms with van der Waals surface area (Å²) in [6.45, 7) is 2.32. The molecule has 0 fully saturated rings. The summed E-state index contributed by atoms with van der Waals surface area (Å²) in [5.74, 6) is 0.0157. The molecule has 0 aliphatic rings. The van der Waals surface area contributed by atoms with Gasteiger partial charge in [-0.3, -0.25) is 14.9 Å². The van der Waals surface area contributed by atoms with Crippen molar-refractivity contribution in [2.45, 2.75) is 11.8 Å². The molecule has 3 rings (SSSR count). The van der Waals surface area contributed by atoms with Gasteiger partial charge in [0.2, 0.25) is 0 Å². The predicted molar refractivity (Wildman–Crippen MR) is 121 cm³/mol. The maximum atomic E-state index is 12.5. The molecular weight excluding hydrogens is 432 g/mol. The van der Waals surface area contributed by atoms with Crippen LogP contribution in [0.15, 0.2) is 83.8 Å². The first-order chi connectivity index (χ1) is 15.4. The van der Waals surface area contributed by atoms with Crippen LogP contribution in [0, 0.1) is 0 Å². The number of anilines is 2. The number of para-hydroxylation sites is 1. The van der Waals surface area contributed by atoms with Crippen LogP contribution in [0.25, 0.3) is 0 Å². The maximum Gasteiger partial charge on any atom is 0.337 e. The summed E-state index contributed by atoms with van der Waals surface area (Å²) >= 11 is 0. The van der Waals surface area contributed by atoms with Crippen molar-refractivity contribution in [1.82, 2.24) is 10.9 Å². The Kier molecular flexibility index (Phi) is 7.29. The number of benzene rings is 3. The van der Waals surface area contributed by atoms with E-state index in [1.165, 1.54) is 36.4 Å². The molecule has 0 saturated heterocycles. The van der Waals surface area contributed by atoms with E-state index in [0.29, 0.717) is 18.0 Å². The lowest BCUT2D eigenvalue weighted by Crippen LogP contribution is -2.43. The molecule has 0 atom stereocenters. The number of nitrogens with one attached hydrogen (secondary N) is 4. The second-order valence-corrected chi connectivity index (χ2v) is 8.17. The molecule has 3 aromatic rings. The molecule has 0 bridgehead atoms. The lowest BCUT2D eigenvalue weighted by atomic mass is 10.2. The summed E-state index contributed by atoms with van der Waals surface area (Å²) in [7, 11) is -3.80. The number of carbonyl (C=O) groups excluding carboxylic acids is 2. The van der Waals surface area contributed by atoms with Crippen molar-refractivity contribution in [1.29, 1.82) is 0 Å². The largest absolute Gasteiger partial charge is 0.494 e. The first-order valence-electron chi connectivity index (χ1n) is 9.65. The van der Waals surface area contributed by atoms with Crippen molar-refractivity contribution in [3.8, 4) is 5.75 Å². The highest BCUT2D eigenvalue weighted by atomic mass is 32.2. The standard InChI is InChI=1S/C22H22N4O5S/c1-2-31-19-12-14-20(15-13-19)32(29,30)26-18-10-8-16(9-11-18)21(27)24-25-22(28)23-17-6-4-3-5-7-17/h3-15,26H,2H2,1H3,(H,24,27)(H2,23,25,28). The van der Waals surface area contributed by atoms with E-state index < -0.39 is 22.0 Å². The van der Waals surface area contributed by atoms with Crippen molar-refractivity contribution >= 4 is 33.3 Å². The Hall–Kier alpha value is -4.05. The van der Waals surface area contributed by atoms with Gasteiger partial charge in [0.05, 0.1) is 11.5 Å². The van der Waals surface area contributed by atoms with Gasteiger partial charge in [-0.15, -0.1) is 0 Å². The topological polar surface area (TPSA) is 126 Å². The smallest absolute Gasteiger partial charge is 0.337 e. The molecule has 0 spiro atoms. The molecule has 0 unspecified atom stereocenters. The molecule has 9 nitrogen and oxygen atoms in total. The fourth-order valence-corrected chi connectivity index (χ4v) is 3.71. The SMILES string of the molecule is CCOc1ccc(S(=O)(=O)Nc2ccc(C(=O)NNC(=O)Nc3ccccc3)cc2)cc1. The molecular formula is C22H22N4O5S. The molecule has 166 valence electrons. The lowest BCUT2D eigenvalue weighted by Gasteiger charge is -2.11. The molecule has 0 heterocycles. The summed E-state index contributed by atoms with van der Waals surface area (Å²) < 4.78 is 32.8. The summed E-state index contributed by atoms with van der Waals surface area (Å²) in [5, 5.41) is 2.56. The number of carbonyl (C=O) groups is 2. The van der Waals surface area contributed by atoms with E-state index in [4.69, 9.17) is 4.74 Å². The van der Waals surface area contributed by atoms with Gasteiger partial charge >= 0.3 is 6.03 Å². The Bertz CT molecular complexity index is 1170. The van der Waals surface area contributed by atoms with E-state index >= 15 is 0 Å². The van der Waals surface area contributed by atoms with Gasteiger partial charge in [0, 0.05) is 16.9 Å². The Morgan fingerprint density at radius 1 is 0.812 bits per heavy atom. The monoisotopic (exact) mass is 454 g/mol. The molecule has 0 radical (unpaired) electrons. The Labute approximate surface area is 185 Å². The van der Waals surface area contributed by atoms with Gasteiger partial charge in [-0.1, -0.05) is 18.2 Å². The van der Waals surface area contributed by atoms with Gasteiger partial charge < -0.3 is 10.1 Å². The van der Waals surface area contributed by atoms with Gasteiger partial charge in [0.1, 0.15) is 5.75 Å². The normalized spacial score (nSPS) is 10.7. The molecule has 0 saturated carbocycles. The highest BCUT2D eigenvalue weighted by Crippen LogP contribution is 2.19. The molecule has 0 aliphatic heterocycles. The number of hydrogen-bond donors (Lipinski definition) is 4. The minimum Gasteiger partial charge on any atom is -0.494 e. The third-order valence-corrected chi connectivity index (χ3v) is 5.56. The second-order valence-electron chi connectivity index (χ2n) is 6.49. The summed E-state index contributed by atoms with van der Waals surface area (Å²) in [5.41, 5.74) is 5.61. The van der Waals surface area contributed by atoms with Crippen LogP contribution in [-0.4, -0.2) is 27.0 Å². The van der Waals surface area contributed by atoms with Gasteiger partial charge in [0.15, 0.2) is 0 Å². The van der Waals surface area contributed by atoms with Crippen LogP contribution in [0.2, 0.25) is 0 Å². The molecule has 4 N–H and O–H groups in total. The number of ether oxygens (including phenoxy) is 1. The van der Waals surface area contributed by atoms with Gasteiger partial charge in [-0.25, -0.2) is 18.6 Å². The molecule has 0 aromatic heterocycles. The fraction of sp³-hybridized carbons (Fsp3) is 0.0909. The minimum atomic E-state index is -3.80. The third kappa shape index (κ3) is 6.22. The Morgan fingerprint density at radius 3 is 2.09 bits per heavy atom. The number of urea groups is 1. The molecule has 3 aromatic carbocycles. The number of amides is 3. The van der Waals surface area contributed by atoms with E-state index in [0.717, 1.165) is 0 Å². The average Bonchev–Trinajstić information content (AvgIpc) is 2.79. The van der Waals surface area contributed by atoms with Crippen molar-refractivity contribution in [2.75, 3.05) is 16.6 Å². The van der Waals surface area contributed by atoms with Crippen LogP contribution in [0.5, 0.6) is 5.75 Å². The van der Waals surface area contributed by atoms with Crippen LogP contribution in [0.1, 0.15) is 17.3 Å². The zero-order valence-electron chi connectivity index (χ0n) is 17.2. The van der Waals surface area contributed by atoms with Crippen molar-refractivity contribution in [2.24, 2.45) is 0 Å². The van der Waals surface area contributed by atoms with E-state index in [-0.39, 0.29) is 16.1 Å². The Morgan fingerprint density at radius 2 is 1.47 bits per heavy atom. The summed E-state index contributed by atoms with van der Waals surface area (Å²) in [6, 6.07) is 19.9. The molecule has 3 amide bonds. The quantitative estimate of drug-likeness (QED) is 0.408. The maximum absolute atomic E-state index is 12.5. The second kappa shape index (κ2) is 10.3. The first-order valence-corrected chi connectivity index (χ1v) is 11.1. The van der Waals surface area contributed by atoms with Crippen LogP contribution in [-0.2, 0) is 10.0 Å². The van der Waals surface area contributed by atoms with Crippen LogP contribution >= 0.6 is 0 Å². The number of rotatable bonds is 7. The number of hydrogen-bond acceptors (Lipinski definition) is 5.